The Bertz CT molecular complexity index is 984. The summed E-state index contributed by atoms with van der Waals surface area (Å²) in [5.41, 5.74) is 0. The van der Waals surface area contributed by atoms with Gasteiger partial charge in [0.15, 0.2) is 0 Å². The molecule has 3 saturated heterocycles. The molecule has 176 valence electrons. The highest BCUT2D eigenvalue weighted by Gasteiger charge is 2.30. The Hall–Kier alpha value is -2.63. The van der Waals surface area contributed by atoms with Crippen LogP contribution in [0.3, 0.4) is 0 Å². The smallest absolute Gasteiger partial charge is 0.127 e. The van der Waals surface area contributed by atoms with Crippen molar-refractivity contribution in [2.24, 2.45) is 0 Å². The third kappa shape index (κ3) is 5.37. The van der Waals surface area contributed by atoms with Gasteiger partial charge in [0.1, 0.15) is 55.4 Å². The monoisotopic (exact) mass is 478 g/mol. The second-order valence-electron chi connectivity index (χ2n) is 8.54. The zero-order valence-corrected chi connectivity index (χ0v) is 19.7. The number of para-hydroxylation sites is 3. The number of epoxide rings is 3. The van der Waals surface area contributed by atoms with Crippen molar-refractivity contribution in [1.82, 2.24) is 0 Å². The quantitative estimate of drug-likeness (QED) is 0.295. The van der Waals surface area contributed by atoms with E-state index >= 15 is 0 Å². The van der Waals surface area contributed by atoms with E-state index in [9.17, 15) is 0 Å². The minimum atomic E-state index is -1.04. The van der Waals surface area contributed by atoms with E-state index in [0.29, 0.717) is 19.8 Å². The summed E-state index contributed by atoms with van der Waals surface area (Å²) in [5, 5.41) is 3.36. The second-order valence-corrected chi connectivity index (χ2v) is 10.7. The summed E-state index contributed by atoms with van der Waals surface area (Å²) < 4.78 is 34.9. The van der Waals surface area contributed by atoms with Crippen LogP contribution in [0, 0.1) is 0 Å². The molecule has 34 heavy (non-hydrogen) atoms. The maximum Gasteiger partial charge on any atom is 0.127 e. The van der Waals surface area contributed by atoms with E-state index in [0.717, 1.165) is 53.0 Å². The molecule has 0 bridgehead atoms. The van der Waals surface area contributed by atoms with E-state index in [1.807, 2.05) is 36.4 Å². The largest absolute Gasteiger partial charge is 0.490 e. The van der Waals surface area contributed by atoms with E-state index in [1.54, 1.807) is 0 Å². The Morgan fingerprint density at radius 2 is 0.824 bits per heavy atom. The van der Waals surface area contributed by atoms with Crippen LogP contribution in [0.2, 0.25) is 0 Å². The molecule has 6 rings (SSSR count). The zero-order valence-electron chi connectivity index (χ0n) is 18.8. The number of rotatable bonds is 12. The van der Waals surface area contributed by atoms with Crippen LogP contribution in [0.5, 0.6) is 17.2 Å². The molecule has 0 aromatic heterocycles. The zero-order chi connectivity index (χ0) is 22.7. The molecule has 0 amide bonds. The van der Waals surface area contributed by atoms with Gasteiger partial charge in [-0.15, -0.1) is 0 Å². The number of hydrogen-bond acceptors (Lipinski definition) is 6. The van der Waals surface area contributed by atoms with Crippen LogP contribution < -0.4 is 30.1 Å². The van der Waals surface area contributed by atoms with Crippen LogP contribution >= 0.6 is 7.92 Å². The van der Waals surface area contributed by atoms with Crippen molar-refractivity contribution in [3.8, 4) is 17.2 Å². The van der Waals surface area contributed by atoms with Gasteiger partial charge in [0.05, 0.1) is 19.8 Å². The van der Waals surface area contributed by atoms with Crippen LogP contribution in [-0.2, 0) is 14.2 Å². The topological polar surface area (TPSA) is 65.3 Å². The van der Waals surface area contributed by atoms with Crippen LogP contribution in [0.1, 0.15) is 0 Å². The first-order valence-corrected chi connectivity index (χ1v) is 13.0. The molecule has 3 atom stereocenters. The van der Waals surface area contributed by atoms with Crippen LogP contribution in [-0.4, -0.2) is 58.0 Å². The van der Waals surface area contributed by atoms with E-state index in [-0.39, 0.29) is 18.3 Å². The minimum absolute atomic E-state index is 0.183. The summed E-state index contributed by atoms with van der Waals surface area (Å²) >= 11 is 0. The van der Waals surface area contributed by atoms with E-state index in [1.165, 1.54) is 0 Å². The lowest BCUT2D eigenvalue weighted by Crippen LogP contribution is -2.26. The maximum atomic E-state index is 6.25. The van der Waals surface area contributed by atoms with E-state index in [2.05, 4.69) is 36.4 Å². The van der Waals surface area contributed by atoms with Gasteiger partial charge >= 0.3 is 0 Å². The standard InChI is InChI=1S/C27H27O6P/c1-4-10-25(22(7-1)31-16-19-13-28-19)34(26-11-5-2-8-23(26)32-17-20-14-29-20)27-12-6-3-9-24(27)33-18-21-15-30-21/h1-12,19-21H,13-18H2. The highest BCUT2D eigenvalue weighted by molar-refractivity contribution is 7.80. The van der Waals surface area contributed by atoms with Crippen molar-refractivity contribution in [2.45, 2.75) is 18.3 Å². The summed E-state index contributed by atoms with van der Waals surface area (Å²) in [7, 11) is -1.04. The minimum Gasteiger partial charge on any atom is -0.490 e. The predicted octanol–water partition coefficient (Wildman–Crippen LogP) is 2.78. The van der Waals surface area contributed by atoms with E-state index in [4.69, 9.17) is 28.4 Å². The van der Waals surface area contributed by atoms with Gasteiger partial charge in [-0.05, 0) is 26.1 Å². The summed E-state index contributed by atoms with van der Waals surface area (Å²) in [4.78, 5) is 0. The lowest BCUT2D eigenvalue weighted by molar-refractivity contribution is 0.264. The Balaban J connectivity index is 1.41. The van der Waals surface area contributed by atoms with Crippen molar-refractivity contribution >= 4 is 23.8 Å². The molecule has 3 heterocycles. The molecule has 7 heteroatoms. The summed E-state index contributed by atoms with van der Waals surface area (Å²) in [6.07, 6.45) is 0.549. The number of ether oxygens (including phenoxy) is 6. The molecule has 3 aromatic carbocycles. The van der Waals surface area contributed by atoms with Crippen LogP contribution in [0.4, 0.5) is 0 Å². The molecular weight excluding hydrogens is 451 g/mol. The molecule has 0 radical (unpaired) electrons. The molecule has 0 aliphatic carbocycles. The number of hydrogen-bond donors (Lipinski definition) is 0. The molecule has 0 spiro atoms. The molecule has 3 fully saturated rings. The first-order valence-electron chi connectivity index (χ1n) is 11.7. The molecule has 3 unspecified atom stereocenters. The van der Waals surface area contributed by atoms with Gasteiger partial charge in [0.2, 0.25) is 0 Å². The van der Waals surface area contributed by atoms with Crippen LogP contribution in [0.15, 0.2) is 72.8 Å². The predicted molar refractivity (Wildman–Crippen MR) is 131 cm³/mol. The van der Waals surface area contributed by atoms with Crippen molar-refractivity contribution in [3.05, 3.63) is 72.8 Å². The third-order valence-electron chi connectivity index (χ3n) is 5.80. The molecule has 3 aliphatic rings. The SMILES string of the molecule is c1ccc(P(c2ccccc2OCC2CO2)c2ccccc2OCC2CO2)c(OCC2CO2)c1. The van der Waals surface area contributed by atoms with Crippen molar-refractivity contribution in [1.29, 1.82) is 0 Å². The summed E-state index contributed by atoms with van der Waals surface area (Å²) in [5.74, 6) is 2.60. The summed E-state index contributed by atoms with van der Waals surface area (Å²) in [6.45, 7) is 3.93. The fourth-order valence-electron chi connectivity index (χ4n) is 3.72. The van der Waals surface area contributed by atoms with Gasteiger partial charge in [-0.2, -0.15) is 0 Å². The van der Waals surface area contributed by atoms with Crippen LogP contribution in [0.25, 0.3) is 0 Å². The molecule has 0 N–H and O–H groups in total. The fraction of sp³-hybridized carbons (Fsp3) is 0.333. The normalized spacial score (nSPS) is 23.1. The maximum absolute atomic E-state index is 6.25. The number of benzene rings is 3. The Morgan fingerprint density at radius 1 is 0.529 bits per heavy atom. The molecule has 6 nitrogen and oxygen atoms in total. The van der Waals surface area contributed by atoms with Crippen molar-refractivity contribution in [2.75, 3.05) is 39.6 Å². The Morgan fingerprint density at radius 3 is 1.12 bits per heavy atom. The lowest BCUT2D eigenvalue weighted by Gasteiger charge is -2.25. The van der Waals surface area contributed by atoms with Gasteiger partial charge in [-0.1, -0.05) is 54.6 Å². The third-order valence-corrected chi connectivity index (χ3v) is 8.35. The van der Waals surface area contributed by atoms with E-state index < -0.39 is 7.92 Å². The molecule has 0 saturated carbocycles. The molecule has 3 aliphatic heterocycles. The Labute approximate surface area is 200 Å². The van der Waals surface area contributed by atoms with Crippen molar-refractivity contribution < 1.29 is 28.4 Å². The highest BCUT2D eigenvalue weighted by Crippen LogP contribution is 2.42. The first-order chi connectivity index (χ1) is 16.8. The Kier molecular flexibility index (Phi) is 6.39. The highest BCUT2D eigenvalue weighted by atomic mass is 31.1. The van der Waals surface area contributed by atoms with Gasteiger partial charge in [0, 0.05) is 15.9 Å². The lowest BCUT2D eigenvalue weighted by atomic mass is 10.3. The second kappa shape index (κ2) is 9.93. The average molecular weight is 478 g/mol. The van der Waals surface area contributed by atoms with Gasteiger partial charge in [-0.3, -0.25) is 0 Å². The van der Waals surface area contributed by atoms with Crippen molar-refractivity contribution in [3.63, 3.8) is 0 Å². The molecule has 3 aromatic rings. The average Bonchev–Trinajstić information content (AvgIpc) is 3.73. The molecular formula is C27H27O6P. The fourth-order valence-corrected chi connectivity index (χ4v) is 6.28. The summed E-state index contributed by atoms with van der Waals surface area (Å²) in [6, 6.07) is 24.8. The van der Waals surface area contributed by atoms with Gasteiger partial charge in [0.25, 0.3) is 0 Å². The van der Waals surface area contributed by atoms with Gasteiger partial charge < -0.3 is 28.4 Å². The van der Waals surface area contributed by atoms with Gasteiger partial charge in [-0.25, -0.2) is 0 Å². The first kappa shape index (κ1) is 21.9.